The minimum Gasteiger partial charge on any atom is -0.378 e. The number of aliphatic imine (C=N–C) groups is 1. The maximum absolute atomic E-state index is 13.7. The van der Waals surface area contributed by atoms with Gasteiger partial charge in [0.25, 0.3) is 5.56 Å². The van der Waals surface area contributed by atoms with Gasteiger partial charge in [0.1, 0.15) is 0 Å². The van der Waals surface area contributed by atoms with Crippen molar-refractivity contribution in [1.29, 1.82) is 0 Å². The molecule has 43 heavy (non-hydrogen) atoms. The van der Waals surface area contributed by atoms with Crippen LogP contribution in [0.1, 0.15) is 55.3 Å². The monoisotopic (exact) mass is 580 g/mol. The number of hydrogen-bond donors (Lipinski definition) is 1. The summed E-state index contributed by atoms with van der Waals surface area (Å²) in [6.45, 7) is 4.67. The summed E-state index contributed by atoms with van der Waals surface area (Å²) < 4.78 is 10.5. The van der Waals surface area contributed by atoms with Crippen molar-refractivity contribution in [2.24, 2.45) is 36.8 Å². The molecule has 3 heterocycles. The molecule has 1 aliphatic heterocycles. The molecule has 5 aliphatic rings. The number of imidazole rings is 1. The van der Waals surface area contributed by atoms with Gasteiger partial charge in [-0.2, -0.15) is 0 Å². The zero-order valence-corrected chi connectivity index (χ0v) is 25.3. The number of fused-ring (bicyclic) bond motifs is 1. The van der Waals surface area contributed by atoms with Gasteiger partial charge in [0.05, 0.1) is 46.9 Å². The summed E-state index contributed by atoms with van der Waals surface area (Å²) in [7, 11) is 3.56. The van der Waals surface area contributed by atoms with Gasteiger partial charge in [0, 0.05) is 39.1 Å². The molecule has 1 N–H and O–H groups in total. The van der Waals surface area contributed by atoms with Crippen LogP contribution in [-0.2, 0) is 24.2 Å². The predicted octanol–water partition coefficient (Wildman–Crippen LogP) is 4.72. The number of aryl methyl sites for hydroxylation is 3. The summed E-state index contributed by atoms with van der Waals surface area (Å²) in [5.74, 6) is 2.70. The highest BCUT2D eigenvalue weighted by Crippen LogP contribution is 2.60. The van der Waals surface area contributed by atoms with Gasteiger partial charge < -0.3 is 9.64 Å². The van der Waals surface area contributed by atoms with Crippen LogP contribution in [0.4, 0.5) is 11.4 Å². The summed E-state index contributed by atoms with van der Waals surface area (Å²) in [5, 5.41) is 3.29. The second-order valence-corrected chi connectivity index (χ2v) is 13.6. The maximum atomic E-state index is 13.7. The summed E-state index contributed by atoms with van der Waals surface area (Å²) in [6.07, 6.45) is 9.96. The van der Waals surface area contributed by atoms with E-state index in [1.54, 1.807) is 34.1 Å². The molecule has 2 aromatic heterocycles. The van der Waals surface area contributed by atoms with Crippen LogP contribution in [0, 0.1) is 24.7 Å². The van der Waals surface area contributed by atoms with E-state index < -0.39 is 0 Å². The maximum Gasteiger partial charge on any atom is 0.328 e. The Bertz CT molecular complexity index is 1830. The van der Waals surface area contributed by atoms with E-state index in [0.29, 0.717) is 24.2 Å². The largest absolute Gasteiger partial charge is 0.378 e. The van der Waals surface area contributed by atoms with Crippen molar-refractivity contribution in [2.75, 3.05) is 31.2 Å². The molecule has 5 fully saturated rings. The predicted molar refractivity (Wildman–Crippen MR) is 169 cm³/mol. The van der Waals surface area contributed by atoms with Crippen LogP contribution in [0.5, 0.6) is 0 Å². The lowest BCUT2D eigenvalue weighted by Crippen LogP contribution is -2.48. The number of hydrogen-bond acceptors (Lipinski definition) is 5. The van der Waals surface area contributed by atoms with Gasteiger partial charge in [-0.3, -0.25) is 24.0 Å². The van der Waals surface area contributed by atoms with Crippen molar-refractivity contribution < 1.29 is 4.74 Å². The van der Waals surface area contributed by atoms with Gasteiger partial charge in [-0.15, -0.1) is 0 Å². The Labute approximate surface area is 250 Å². The lowest BCUT2D eigenvalue weighted by molar-refractivity contribution is -0.00518. The Balaban J connectivity index is 1.12. The third-order valence-corrected chi connectivity index (χ3v) is 10.9. The topological polar surface area (TPSA) is 89.6 Å². The Morgan fingerprint density at radius 1 is 0.907 bits per heavy atom. The Hall–Kier alpha value is -3.85. The van der Waals surface area contributed by atoms with Crippen LogP contribution in [0.15, 0.2) is 51.0 Å². The number of ether oxygens (including phenoxy) is 1. The highest BCUT2D eigenvalue weighted by molar-refractivity contribution is 5.91. The SMILES string of the molecule is Cc1[nH]n(-c2ccc(C34CC5CC(CC(C5)C3)C4)cc2)c(=O)c1C=Nc1cc2c(cc1N1CCOCC1)n(C)c(=O)n2C. The number of anilines is 1. The van der Waals surface area contributed by atoms with E-state index in [2.05, 4.69) is 34.3 Å². The van der Waals surface area contributed by atoms with Crippen molar-refractivity contribution in [3.8, 4) is 5.69 Å². The van der Waals surface area contributed by atoms with E-state index in [4.69, 9.17) is 9.73 Å². The average molecular weight is 581 g/mol. The summed E-state index contributed by atoms with van der Waals surface area (Å²) >= 11 is 0. The van der Waals surface area contributed by atoms with E-state index >= 15 is 0 Å². The van der Waals surface area contributed by atoms with E-state index in [0.717, 1.165) is 64.6 Å². The molecule has 9 rings (SSSR count). The summed E-state index contributed by atoms with van der Waals surface area (Å²) in [5.41, 5.74) is 7.04. The minimum absolute atomic E-state index is 0.0809. The molecule has 224 valence electrons. The van der Waals surface area contributed by atoms with E-state index in [1.165, 1.54) is 44.1 Å². The zero-order valence-electron chi connectivity index (χ0n) is 25.3. The molecule has 4 aliphatic carbocycles. The van der Waals surface area contributed by atoms with Crippen molar-refractivity contribution in [3.05, 3.63) is 74.1 Å². The van der Waals surface area contributed by atoms with Crippen LogP contribution < -0.4 is 16.1 Å². The molecule has 0 amide bonds. The van der Waals surface area contributed by atoms with Crippen LogP contribution in [0.2, 0.25) is 0 Å². The van der Waals surface area contributed by atoms with Crippen LogP contribution in [-0.4, -0.2) is 51.4 Å². The normalized spacial score (nSPS) is 26.8. The molecule has 0 radical (unpaired) electrons. The van der Waals surface area contributed by atoms with Crippen molar-refractivity contribution in [2.45, 2.75) is 50.9 Å². The highest BCUT2D eigenvalue weighted by atomic mass is 16.5. The lowest BCUT2D eigenvalue weighted by Gasteiger charge is -2.57. The van der Waals surface area contributed by atoms with Gasteiger partial charge in [0.15, 0.2) is 0 Å². The highest BCUT2D eigenvalue weighted by Gasteiger charge is 2.51. The first-order valence-electron chi connectivity index (χ1n) is 15.8. The van der Waals surface area contributed by atoms with Crippen LogP contribution in [0.25, 0.3) is 16.7 Å². The first-order valence-corrected chi connectivity index (χ1v) is 15.8. The average Bonchev–Trinajstić information content (AvgIpc) is 3.41. The number of rotatable bonds is 5. The Morgan fingerprint density at radius 2 is 1.51 bits per heavy atom. The van der Waals surface area contributed by atoms with Gasteiger partial charge in [-0.05, 0) is 98.4 Å². The number of morpholine rings is 1. The van der Waals surface area contributed by atoms with Crippen molar-refractivity contribution in [1.82, 2.24) is 18.9 Å². The minimum atomic E-state index is -0.120. The van der Waals surface area contributed by atoms with Crippen molar-refractivity contribution in [3.63, 3.8) is 0 Å². The van der Waals surface area contributed by atoms with Crippen LogP contribution >= 0.6 is 0 Å². The summed E-state index contributed by atoms with van der Waals surface area (Å²) in [6, 6.07) is 12.7. The van der Waals surface area contributed by atoms with Gasteiger partial charge in [-0.1, -0.05) is 12.1 Å². The molecule has 9 nitrogen and oxygen atoms in total. The Kier molecular flexibility index (Phi) is 6.12. The number of H-pyrrole nitrogens is 1. The van der Waals surface area contributed by atoms with Gasteiger partial charge >= 0.3 is 5.69 Å². The molecule has 9 heteroatoms. The second kappa shape index (κ2) is 9.84. The van der Waals surface area contributed by atoms with Gasteiger partial charge in [-0.25, -0.2) is 9.48 Å². The molecule has 0 unspecified atom stereocenters. The number of nitrogens with zero attached hydrogens (tertiary/aromatic N) is 5. The number of aromatic amines is 1. The number of aromatic nitrogens is 4. The third-order valence-electron chi connectivity index (χ3n) is 10.9. The smallest absolute Gasteiger partial charge is 0.328 e. The molecule has 4 saturated carbocycles. The first kappa shape index (κ1) is 26.8. The van der Waals surface area contributed by atoms with E-state index in [9.17, 15) is 9.59 Å². The molecule has 2 aromatic carbocycles. The zero-order chi connectivity index (χ0) is 29.5. The number of nitrogens with one attached hydrogen (secondary N) is 1. The van der Waals surface area contributed by atoms with Crippen molar-refractivity contribution >= 4 is 28.6 Å². The van der Waals surface area contributed by atoms with E-state index in [-0.39, 0.29) is 11.2 Å². The van der Waals surface area contributed by atoms with Crippen LogP contribution in [0.3, 0.4) is 0 Å². The number of benzene rings is 2. The molecule has 0 atom stereocenters. The molecular formula is C34H40N6O3. The first-order chi connectivity index (χ1) is 20.8. The molecular weight excluding hydrogens is 540 g/mol. The third kappa shape index (κ3) is 4.26. The molecule has 0 spiro atoms. The van der Waals surface area contributed by atoms with Gasteiger partial charge in [0.2, 0.25) is 0 Å². The fraction of sp³-hybridized carbons (Fsp3) is 0.500. The second-order valence-electron chi connectivity index (χ2n) is 13.6. The fourth-order valence-electron chi connectivity index (χ4n) is 9.14. The lowest BCUT2D eigenvalue weighted by atomic mass is 9.48. The summed E-state index contributed by atoms with van der Waals surface area (Å²) in [4.78, 5) is 33.5. The molecule has 4 bridgehead atoms. The fourth-order valence-corrected chi connectivity index (χ4v) is 9.14. The Morgan fingerprint density at radius 3 is 2.14 bits per heavy atom. The molecule has 4 aromatic rings. The molecule has 1 saturated heterocycles. The van der Waals surface area contributed by atoms with E-state index in [1.807, 2.05) is 19.1 Å². The quantitative estimate of drug-likeness (QED) is 0.346. The standard InChI is InChI=1S/C34H40N6O3/c1-21-27(20-35-28-15-30-31(38(3)33(42)37(30)2)16-29(28)39-8-10-43-11-9-39)32(41)40(36-21)26-6-4-25(5-7-26)34-17-22-12-23(18-34)14-24(13-22)19-34/h4-7,15-16,20,22-24,36H,8-14,17-19H2,1-3H3.